The predicted molar refractivity (Wildman–Crippen MR) is 77.5 cm³/mol. The second kappa shape index (κ2) is 6.14. The highest BCUT2D eigenvalue weighted by Crippen LogP contribution is 2.18. The maximum Gasteiger partial charge on any atom is 0.279 e. The van der Waals surface area contributed by atoms with Crippen molar-refractivity contribution >= 4 is 26.1 Å². The van der Waals surface area contributed by atoms with E-state index in [9.17, 15) is 8.42 Å². The number of nitrogens with one attached hydrogen (secondary N) is 1. The predicted octanol–water partition coefficient (Wildman–Crippen LogP) is 2.68. The van der Waals surface area contributed by atoms with E-state index < -0.39 is 10.2 Å². The molecule has 102 valence electrons. The molecule has 6 heteroatoms. The fourth-order valence-electron chi connectivity index (χ4n) is 1.40. The molecule has 0 aliphatic carbocycles. The van der Waals surface area contributed by atoms with Gasteiger partial charge >= 0.3 is 0 Å². The van der Waals surface area contributed by atoms with Crippen LogP contribution in [0.2, 0.25) is 0 Å². The Balaban J connectivity index is 2.81. The van der Waals surface area contributed by atoms with E-state index in [1.165, 1.54) is 4.31 Å². The Morgan fingerprint density at radius 2 is 1.67 bits per heavy atom. The summed E-state index contributed by atoms with van der Waals surface area (Å²) < 4.78 is 29.0. The third kappa shape index (κ3) is 4.05. The highest BCUT2D eigenvalue weighted by atomic mass is 79.9. The lowest BCUT2D eigenvalue weighted by molar-refractivity contribution is 0.398. The summed E-state index contributed by atoms with van der Waals surface area (Å²) in [5.74, 6) is 0. The van der Waals surface area contributed by atoms with Crippen LogP contribution < -0.4 is 4.72 Å². The minimum Gasteiger partial charge on any atom is -0.195 e. The summed E-state index contributed by atoms with van der Waals surface area (Å²) in [6, 6.07) is 7.25. The van der Waals surface area contributed by atoms with Crippen LogP contribution in [0.15, 0.2) is 28.7 Å². The normalized spacial score (nSPS) is 14.2. The molecule has 1 atom stereocenters. The van der Waals surface area contributed by atoms with Crippen LogP contribution in [0.1, 0.15) is 32.4 Å². The minimum absolute atomic E-state index is 0.0698. The standard InChI is InChI=1S/C12H19BrN2O2S/c1-9(2)15(4)18(16,17)14-10(3)11-5-7-12(13)8-6-11/h5-10,14H,1-4H3. The summed E-state index contributed by atoms with van der Waals surface area (Å²) >= 11 is 3.35. The Morgan fingerprint density at radius 3 is 2.11 bits per heavy atom. The largest absolute Gasteiger partial charge is 0.279 e. The van der Waals surface area contributed by atoms with Crippen LogP contribution in [-0.4, -0.2) is 25.8 Å². The molecule has 4 nitrogen and oxygen atoms in total. The van der Waals surface area contributed by atoms with Crippen LogP contribution in [0.3, 0.4) is 0 Å². The summed E-state index contributed by atoms with van der Waals surface area (Å²) in [4.78, 5) is 0. The van der Waals surface area contributed by atoms with Crippen molar-refractivity contribution in [3.63, 3.8) is 0 Å². The van der Waals surface area contributed by atoms with Crippen molar-refractivity contribution in [3.8, 4) is 0 Å². The number of halogens is 1. The third-order valence-electron chi connectivity index (χ3n) is 2.80. The van der Waals surface area contributed by atoms with Crippen LogP contribution in [0.25, 0.3) is 0 Å². The number of nitrogens with zero attached hydrogens (tertiary/aromatic N) is 1. The van der Waals surface area contributed by atoms with Gasteiger partial charge in [-0.1, -0.05) is 28.1 Å². The number of benzene rings is 1. The van der Waals surface area contributed by atoms with Gasteiger partial charge in [0.1, 0.15) is 0 Å². The minimum atomic E-state index is -3.45. The second-order valence-electron chi connectivity index (χ2n) is 4.51. The average molecular weight is 335 g/mol. The van der Waals surface area contributed by atoms with Crippen LogP contribution in [0, 0.1) is 0 Å². The van der Waals surface area contributed by atoms with E-state index in [1.54, 1.807) is 7.05 Å². The molecule has 0 aromatic heterocycles. The van der Waals surface area contributed by atoms with Crippen LogP contribution >= 0.6 is 15.9 Å². The van der Waals surface area contributed by atoms with Gasteiger partial charge in [-0.25, -0.2) is 0 Å². The van der Waals surface area contributed by atoms with Gasteiger partial charge in [-0.2, -0.15) is 17.4 Å². The van der Waals surface area contributed by atoms with Crippen molar-refractivity contribution in [3.05, 3.63) is 34.3 Å². The molecule has 1 rings (SSSR count). The van der Waals surface area contributed by atoms with E-state index in [4.69, 9.17) is 0 Å². The zero-order valence-electron chi connectivity index (χ0n) is 11.0. The van der Waals surface area contributed by atoms with Gasteiger partial charge in [0.2, 0.25) is 0 Å². The molecule has 0 bridgehead atoms. The van der Waals surface area contributed by atoms with Crippen molar-refractivity contribution in [1.82, 2.24) is 9.03 Å². The summed E-state index contributed by atoms with van der Waals surface area (Å²) in [6.45, 7) is 5.50. The Kier molecular flexibility index (Phi) is 5.33. The van der Waals surface area contributed by atoms with E-state index >= 15 is 0 Å². The van der Waals surface area contributed by atoms with Gasteiger partial charge in [0.05, 0.1) is 0 Å². The van der Waals surface area contributed by atoms with Gasteiger partial charge in [-0.15, -0.1) is 0 Å². The van der Waals surface area contributed by atoms with Gasteiger partial charge < -0.3 is 0 Å². The van der Waals surface area contributed by atoms with E-state index in [-0.39, 0.29) is 12.1 Å². The fraction of sp³-hybridized carbons (Fsp3) is 0.500. The molecule has 0 saturated carbocycles. The SMILES string of the molecule is CC(NS(=O)(=O)N(C)C(C)C)c1ccc(Br)cc1. The molecule has 1 N–H and O–H groups in total. The lowest BCUT2D eigenvalue weighted by Crippen LogP contribution is -2.42. The van der Waals surface area contributed by atoms with Crippen LogP contribution in [0.4, 0.5) is 0 Å². The highest BCUT2D eigenvalue weighted by Gasteiger charge is 2.22. The topological polar surface area (TPSA) is 49.4 Å². The van der Waals surface area contributed by atoms with Crippen LogP contribution in [0.5, 0.6) is 0 Å². The van der Waals surface area contributed by atoms with E-state index in [1.807, 2.05) is 45.0 Å². The van der Waals surface area contributed by atoms with Crippen molar-refractivity contribution in [2.75, 3.05) is 7.05 Å². The maximum atomic E-state index is 12.0. The summed E-state index contributed by atoms with van der Waals surface area (Å²) in [5.41, 5.74) is 0.930. The van der Waals surface area contributed by atoms with E-state index in [0.717, 1.165) is 10.0 Å². The van der Waals surface area contributed by atoms with Crippen molar-refractivity contribution < 1.29 is 8.42 Å². The first-order valence-corrected chi connectivity index (χ1v) is 7.98. The van der Waals surface area contributed by atoms with Gasteiger partial charge in [-0.3, -0.25) is 0 Å². The molecule has 0 fully saturated rings. The summed E-state index contributed by atoms with van der Waals surface area (Å²) in [5, 5.41) is 0. The van der Waals surface area contributed by atoms with Crippen molar-refractivity contribution in [2.24, 2.45) is 0 Å². The number of hydrogen-bond donors (Lipinski definition) is 1. The fourth-order valence-corrected chi connectivity index (χ4v) is 2.97. The smallest absolute Gasteiger partial charge is 0.195 e. The van der Waals surface area contributed by atoms with Gasteiger partial charge in [0.15, 0.2) is 0 Å². The van der Waals surface area contributed by atoms with Crippen molar-refractivity contribution in [1.29, 1.82) is 0 Å². The second-order valence-corrected chi connectivity index (χ2v) is 7.18. The number of rotatable bonds is 5. The molecule has 0 radical (unpaired) electrons. The van der Waals surface area contributed by atoms with Gasteiger partial charge in [0.25, 0.3) is 10.2 Å². The monoisotopic (exact) mass is 334 g/mol. The molecule has 0 spiro atoms. The first kappa shape index (κ1) is 15.6. The Morgan fingerprint density at radius 1 is 1.17 bits per heavy atom. The Labute approximate surface area is 118 Å². The lowest BCUT2D eigenvalue weighted by Gasteiger charge is -2.24. The summed E-state index contributed by atoms with van der Waals surface area (Å²) in [6.07, 6.45) is 0. The Bertz CT molecular complexity index is 485. The molecular formula is C12H19BrN2O2S. The Hall–Kier alpha value is -0.430. The zero-order chi connectivity index (χ0) is 13.9. The number of hydrogen-bond acceptors (Lipinski definition) is 2. The van der Waals surface area contributed by atoms with Gasteiger partial charge in [0, 0.05) is 23.6 Å². The molecule has 0 amide bonds. The molecular weight excluding hydrogens is 316 g/mol. The van der Waals surface area contributed by atoms with E-state index in [0.29, 0.717) is 0 Å². The lowest BCUT2D eigenvalue weighted by atomic mass is 10.1. The molecule has 1 aromatic carbocycles. The van der Waals surface area contributed by atoms with Gasteiger partial charge in [-0.05, 0) is 38.5 Å². The maximum absolute atomic E-state index is 12.0. The third-order valence-corrected chi connectivity index (χ3v) is 5.16. The molecule has 0 saturated heterocycles. The molecule has 0 heterocycles. The molecule has 18 heavy (non-hydrogen) atoms. The first-order valence-electron chi connectivity index (χ1n) is 5.75. The first-order chi connectivity index (χ1) is 8.24. The molecule has 1 aromatic rings. The summed E-state index contributed by atoms with van der Waals surface area (Å²) in [7, 11) is -1.87. The van der Waals surface area contributed by atoms with Crippen LogP contribution in [-0.2, 0) is 10.2 Å². The molecule has 0 aliphatic rings. The quantitative estimate of drug-likeness (QED) is 0.899. The van der Waals surface area contributed by atoms with E-state index in [2.05, 4.69) is 20.7 Å². The molecule has 1 unspecified atom stereocenters. The average Bonchev–Trinajstić information content (AvgIpc) is 2.28. The zero-order valence-corrected chi connectivity index (χ0v) is 13.4. The molecule has 0 aliphatic heterocycles. The highest BCUT2D eigenvalue weighted by molar-refractivity contribution is 9.10. The van der Waals surface area contributed by atoms with Crippen molar-refractivity contribution in [2.45, 2.75) is 32.9 Å².